The molecule has 2 aromatic carbocycles. The smallest absolute Gasteiger partial charge is 0.337 e. The molecule has 0 aromatic heterocycles. The molecule has 6 nitrogen and oxygen atoms in total. The fraction of sp³-hybridized carbons (Fsp3) is 0.250. The molecule has 0 radical (unpaired) electrons. The van der Waals surface area contributed by atoms with Gasteiger partial charge in [0.05, 0.1) is 31.3 Å². The van der Waals surface area contributed by atoms with Gasteiger partial charge < -0.3 is 10.1 Å². The summed E-state index contributed by atoms with van der Waals surface area (Å²) in [6, 6.07) is 13.4. The van der Waals surface area contributed by atoms with Crippen LogP contribution in [-0.2, 0) is 20.7 Å². The first-order valence-electron chi connectivity index (χ1n) is 8.62. The third-order valence-corrected chi connectivity index (χ3v) is 4.78. The minimum atomic E-state index is -0.464. The summed E-state index contributed by atoms with van der Waals surface area (Å²) >= 11 is 5.87. The van der Waals surface area contributed by atoms with E-state index in [2.05, 4.69) is 4.74 Å². The van der Waals surface area contributed by atoms with Crippen LogP contribution in [0.15, 0.2) is 48.5 Å². The Balaban J connectivity index is 1.61. The molecule has 140 valence electrons. The Morgan fingerprint density at radius 1 is 1.15 bits per heavy atom. The number of anilines is 1. The van der Waals surface area contributed by atoms with Gasteiger partial charge in [-0.1, -0.05) is 23.7 Å². The van der Waals surface area contributed by atoms with E-state index in [1.165, 1.54) is 12.0 Å². The van der Waals surface area contributed by atoms with Crippen molar-refractivity contribution in [3.8, 4) is 0 Å². The van der Waals surface area contributed by atoms with Crippen LogP contribution < -0.4 is 10.2 Å². The molecule has 1 heterocycles. The van der Waals surface area contributed by atoms with Gasteiger partial charge in [-0.05, 0) is 42.0 Å². The molecule has 2 aromatic rings. The number of methoxy groups -OCH3 is 1. The van der Waals surface area contributed by atoms with Gasteiger partial charge in [0.25, 0.3) is 5.91 Å². The molecule has 0 bridgehead atoms. The zero-order valence-corrected chi connectivity index (χ0v) is 15.6. The topological polar surface area (TPSA) is 80.3 Å². The average molecular weight is 388 g/mol. The minimum absolute atomic E-state index is 0.165. The first-order chi connectivity index (χ1) is 13.0. The Kier molecular flexibility index (Phi) is 5.88. The molecular weight excluding hydrogens is 368 g/mol. The number of imide groups is 1. The van der Waals surface area contributed by atoms with Gasteiger partial charge in [0.1, 0.15) is 0 Å². The maximum absolute atomic E-state index is 12.6. The van der Waals surface area contributed by atoms with Crippen molar-refractivity contribution in [2.24, 2.45) is 0 Å². The predicted octanol–water partition coefficient (Wildman–Crippen LogP) is 1.56. The predicted molar refractivity (Wildman–Crippen MR) is 101 cm³/mol. The van der Waals surface area contributed by atoms with Crippen molar-refractivity contribution in [2.45, 2.75) is 18.9 Å². The van der Waals surface area contributed by atoms with Gasteiger partial charge in [0.15, 0.2) is 6.04 Å². The number of rotatable bonds is 6. The normalized spacial score (nSPS) is 16.7. The lowest BCUT2D eigenvalue weighted by atomic mass is 10.1. The van der Waals surface area contributed by atoms with Gasteiger partial charge >= 0.3 is 5.97 Å². The van der Waals surface area contributed by atoms with Crippen molar-refractivity contribution in [1.82, 2.24) is 0 Å². The van der Waals surface area contributed by atoms with Gasteiger partial charge in [-0.15, -0.1) is 0 Å². The number of benzene rings is 2. The zero-order chi connectivity index (χ0) is 19.4. The number of hydrogen-bond acceptors (Lipinski definition) is 4. The lowest BCUT2D eigenvalue weighted by Gasteiger charge is -2.14. The van der Waals surface area contributed by atoms with Gasteiger partial charge in [-0.2, -0.15) is 0 Å². The number of esters is 1. The summed E-state index contributed by atoms with van der Waals surface area (Å²) in [5.74, 6) is -0.936. The Hall–Kier alpha value is -2.70. The molecule has 0 aliphatic carbocycles. The third kappa shape index (κ3) is 4.35. The van der Waals surface area contributed by atoms with E-state index in [0.717, 1.165) is 12.0 Å². The summed E-state index contributed by atoms with van der Waals surface area (Å²) < 4.78 is 4.65. The first kappa shape index (κ1) is 19.1. The summed E-state index contributed by atoms with van der Waals surface area (Å²) in [4.78, 5) is 37.6. The lowest BCUT2D eigenvalue weighted by Crippen LogP contribution is -2.92. The Labute approximate surface area is 162 Å². The van der Waals surface area contributed by atoms with Gasteiger partial charge in [-0.25, -0.2) is 9.69 Å². The molecule has 0 saturated carbocycles. The second kappa shape index (κ2) is 8.33. The molecule has 1 aliphatic heterocycles. The Bertz CT molecular complexity index is 849. The second-order valence-electron chi connectivity index (χ2n) is 6.32. The van der Waals surface area contributed by atoms with Crippen LogP contribution in [0, 0.1) is 0 Å². The van der Waals surface area contributed by atoms with Crippen LogP contribution in [0.2, 0.25) is 5.02 Å². The highest BCUT2D eigenvalue weighted by molar-refractivity contribution is 6.30. The minimum Gasteiger partial charge on any atom is -0.465 e. The van der Waals surface area contributed by atoms with Crippen LogP contribution in [0.4, 0.5) is 5.69 Å². The summed E-state index contributed by atoms with van der Waals surface area (Å²) in [6.45, 7) is 0.695. The fourth-order valence-electron chi connectivity index (χ4n) is 3.08. The van der Waals surface area contributed by atoms with Crippen LogP contribution in [0.5, 0.6) is 0 Å². The molecule has 27 heavy (non-hydrogen) atoms. The highest BCUT2D eigenvalue weighted by Gasteiger charge is 2.42. The van der Waals surface area contributed by atoms with E-state index < -0.39 is 12.0 Å². The SMILES string of the molecule is COC(=O)c1ccc(N2C(=O)C[C@H]([NH2+]CCc3ccc(Cl)cc3)C2=O)cc1. The number of nitrogens with zero attached hydrogens (tertiary/aromatic N) is 1. The molecule has 1 aliphatic rings. The number of halogens is 1. The van der Waals surface area contributed by atoms with Crippen LogP contribution in [0.3, 0.4) is 0 Å². The van der Waals surface area contributed by atoms with Crippen molar-refractivity contribution >= 4 is 35.1 Å². The second-order valence-corrected chi connectivity index (χ2v) is 6.75. The summed E-state index contributed by atoms with van der Waals surface area (Å²) in [6.07, 6.45) is 0.946. The molecule has 1 saturated heterocycles. The molecule has 1 fully saturated rings. The maximum Gasteiger partial charge on any atom is 0.337 e. The standard InChI is InChI=1S/C20H19ClN2O4/c1-27-20(26)14-4-8-16(9-5-14)23-18(24)12-17(19(23)25)22-11-10-13-2-6-15(21)7-3-13/h2-9,17,22H,10-12H2,1H3/p+1/t17-/m0/s1. The highest BCUT2D eigenvalue weighted by atomic mass is 35.5. The quantitative estimate of drug-likeness (QED) is 0.602. The largest absolute Gasteiger partial charge is 0.465 e. The van der Waals surface area contributed by atoms with E-state index in [1.54, 1.807) is 24.3 Å². The molecule has 0 spiro atoms. The first-order valence-corrected chi connectivity index (χ1v) is 9.00. The Morgan fingerprint density at radius 3 is 2.44 bits per heavy atom. The van der Waals surface area contributed by atoms with Gasteiger partial charge in [0, 0.05) is 11.4 Å². The number of carbonyl (C=O) groups is 3. The number of nitrogens with two attached hydrogens (primary N) is 1. The van der Waals surface area contributed by atoms with Crippen LogP contribution in [0.25, 0.3) is 0 Å². The van der Waals surface area contributed by atoms with Crippen LogP contribution in [0.1, 0.15) is 22.3 Å². The molecular formula is C20H20ClN2O4+. The van der Waals surface area contributed by atoms with E-state index >= 15 is 0 Å². The summed E-state index contributed by atoms with van der Waals surface area (Å²) in [7, 11) is 1.30. The molecule has 7 heteroatoms. The van der Waals surface area contributed by atoms with E-state index in [1.807, 2.05) is 29.6 Å². The monoisotopic (exact) mass is 387 g/mol. The molecule has 1 atom stereocenters. The molecule has 2 N–H and O–H groups in total. The molecule has 0 unspecified atom stereocenters. The van der Waals surface area contributed by atoms with Crippen LogP contribution in [-0.4, -0.2) is 37.5 Å². The van der Waals surface area contributed by atoms with Crippen molar-refractivity contribution < 1.29 is 24.4 Å². The van der Waals surface area contributed by atoms with Gasteiger partial charge in [-0.3, -0.25) is 9.59 Å². The summed E-state index contributed by atoms with van der Waals surface area (Å²) in [5.41, 5.74) is 1.96. The van der Waals surface area contributed by atoms with E-state index in [-0.39, 0.29) is 18.2 Å². The zero-order valence-electron chi connectivity index (χ0n) is 14.9. The number of carbonyl (C=O) groups excluding carboxylic acids is 3. The Morgan fingerprint density at radius 2 is 1.81 bits per heavy atom. The third-order valence-electron chi connectivity index (χ3n) is 4.53. The van der Waals surface area contributed by atoms with Crippen molar-refractivity contribution in [1.29, 1.82) is 0 Å². The van der Waals surface area contributed by atoms with E-state index in [9.17, 15) is 14.4 Å². The number of quaternary nitrogens is 1. The molecule has 3 rings (SSSR count). The van der Waals surface area contributed by atoms with E-state index in [0.29, 0.717) is 22.8 Å². The van der Waals surface area contributed by atoms with E-state index in [4.69, 9.17) is 11.6 Å². The van der Waals surface area contributed by atoms with Crippen molar-refractivity contribution in [2.75, 3.05) is 18.6 Å². The van der Waals surface area contributed by atoms with Gasteiger partial charge in [0.2, 0.25) is 5.91 Å². The average Bonchev–Trinajstić information content (AvgIpc) is 2.96. The van der Waals surface area contributed by atoms with Crippen LogP contribution >= 0.6 is 11.6 Å². The number of ether oxygens (including phenoxy) is 1. The van der Waals surface area contributed by atoms with Crippen molar-refractivity contribution in [3.63, 3.8) is 0 Å². The maximum atomic E-state index is 12.6. The number of amides is 2. The molecule has 2 amide bonds. The fourth-order valence-corrected chi connectivity index (χ4v) is 3.20. The highest BCUT2D eigenvalue weighted by Crippen LogP contribution is 2.22. The summed E-state index contributed by atoms with van der Waals surface area (Å²) in [5, 5.41) is 2.59. The number of hydrogen-bond donors (Lipinski definition) is 1. The lowest BCUT2D eigenvalue weighted by molar-refractivity contribution is -0.674. The van der Waals surface area contributed by atoms with Crippen molar-refractivity contribution in [3.05, 3.63) is 64.7 Å².